The van der Waals surface area contributed by atoms with E-state index in [0.717, 1.165) is 23.4 Å². The Labute approximate surface area is 126 Å². The lowest BCUT2D eigenvalue weighted by molar-refractivity contribution is 0.117. The summed E-state index contributed by atoms with van der Waals surface area (Å²) in [6, 6.07) is 16.0. The van der Waals surface area contributed by atoms with E-state index in [1.807, 2.05) is 49.4 Å². The number of aryl methyl sites for hydroxylation is 2. The Morgan fingerprint density at radius 1 is 1.10 bits per heavy atom. The summed E-state index contributed by atoms with van der Waals surface area (Å²) in [6.07, 6.45) is 0.424. The van der Waals surface area contributed by atoms with Gasteiger partial charge in [0.15, 0.2) is 0 Å². The summed E-state index contributed by atoms with van der Waals surface area (Å²) in [5.41, 5.74) is 3.41. The third kappa shape index (κ3) is 4.50. The summed E-state index contributed by atoms with van der Waals surface area (Å²) in [7, 11) is 0. The van der Waals surface area contributed by atoms with Gasteiger partial charge in [0.2, 0.25) is 0 Å². The first-order valence-corrected chi connectivity index (χ1v) is 7.39. The molecule has 0 fully saturated rings. The minimum Gasteiger partial charge on any atom is -0.491 e. The standard InChI is InChI=1S/C18H23NO2/c1-3-15-9-5-6-10-17(15)19-12-16(20)13-21-18-11-7-4-8-14(18)2/h4-11,16,19-20H,3,12-13H2,1-2H3. The first-order valence-electron chi connectivity index (χ1n) is 7.39. The predicted molar refractivity (Wildman–Crippen MR) is 87.0 cm³/mol. The van der Waals surface area contributed by atoms with Gasteiger partial charge in [-0.15, -0.1) is 0 Å². The van der Waals surface area contributed by atoms with Crippen molar-refractivity contribution >= 4 is 5.69 Å². The summed E-state index contributed by atoms with van der Waals surface area (Å²) in [4.78, 5) is 0. The lowest BCUT2D eigenvalue weighted by atomic mass is 10.1. The quantitative estimate of drug-likeness (QED) is 0.819. The van der Waals surface area contributed by atoms with Crippen molar-refractivity contribution in [3.8, 4) is 5.75 Å². The van der Waals surface area contributed by atoms with Gasteiger partial charge >= 0.3 is 0 Å². The molecule has 0 radical (unpaired) electrons. The van der Waals surface area contributed by atoms with E-state index < -0.39 is 6.10 Å². The molecule has 0 spiro atoms. The zero-order valence-corrected chi connectivity index (χ0v) is 12.7. The van der Waals surface area contributed by atoms with Gasteiger partial charge in [0.25, 0.3) is 0 Å². The van der Waals surface area contributed by atoms with Crippen LogP contribution in [-0.2, 0) is 6.42 Å². The summed E-state index contributed by atoms with van der Waals surface area (Å²) in [5, 5.41) is 13.3. The topological polar surface area (TPSA) is 41.5 Å². The van der Waals surface area contributed by atoms with Crippen LogP contribution in [0.1, 0.15) is 18.1 Å². The minimum absolute atomic E-state index is 0.284. The lowest BCUT2D eigenvalue weighted by Crippen LogP contribution is -2.26. The van der Waals surface area contributed by atoms with Crippen LogP contribution in [0.25, 0.3) is 0 Å². The fourth-order valence-corrected chi connectivity index (χ4v) is 2.19. The number of para-hydroxylation sites is 2. The normalized spacial score (nSPS) is 12.0. The Balaban J connectivity index is 1.82. The lowest BCUT2D eigenvalue weighted by Gasteiger charge is -2.16. The molecule has 2 N–H and O–H groups in total. The van der Waals surface area contributed by atoms with E-state index in [9.17, 15) is 5.11 Å². The van der Waals surface area contributed by atoms with Crippen molar-refractivity contribution < 1.29 is 9.84 Å². The Morgan fingerprint density at radius 2 is 1.81 bits per heavy atom. The summed E-state index contributed by atoms with van der Waals surface area (Å²) < 4.78 is 5.65. The number of aliphatic hydroxyl groups excluding tert-OH is 1. The summed E-state index contributed by atoms with van der Waals surface area (Å²) in [6.45, 7) is 4.88. The number of nitrogens with one attached hydrogen (secondary N) is 1. The number of anilines is 1. The molecule has 1 atom stereocenters. The molecule has 0 bridgehead atoms. The highest BCUT2D eigenvalue weighted by atomic mass is 16.5. The van der Waals surface area contributed by atoms with Gasteiger partial charge in [-0.05, 0) is 36.6 Å². The minimum atomic E-state index is -0.547. The van der Waals surface area contributed by atoms with Crippen molar-refractivity contribution in [2.75, 3.05) is 18.5 Å². The van der Waals surface area contributed by atoms with Crippen molar-refractivity contribution in [1.82, 2.24) is 0 Å². The Kier molecular flexibility index (Phi) is 5.64. The molecule has 21 heavy (non-hydrogen) atoms. The molecule has 0 aliphatic rings. The maximum Gasteiger partial charge on any atom is 0.122 e. The molecule has 0 saturated heterocycles. The molecule has 0 aliphatic carbocycles. The molecule has 3 heteroatoms. The molecule has 0 aromatic heterocycles. The third-order valence-corrected chi connectivity index (χ3v) is 3.45. The van der Waals surface area contributed by atoms with Crippen LogP contribution in [-0.4, -0.2) is 24.4 Å². The van der Waals surface area contributed by atoms with Gasteiger partial charge in [-0.2, -0.15) is 0 Å². The van der Waals surface area contributed by atoms with Crippen molar-refractivity contribution in [2.45, 2.75) is 26.4 Å². The Morgan fingerprint density at radius 3 is 2.57 bits per heavy atom. The molecule has 2 aromatic rings. The molecule has 2 rings (SSSR count). The van der Waals surface area contributed by atoms with Gasteiger partial charge in [-0.1, -0.05) is 43.3 Å². The van der Waals surface area contributed by atoms with Crippen LogP contribution in [0.2, 0.25) is 0 Å². The van der Waals surface area contributed by atoms with Crippen LogP contribution in [0.5, 0.6) is 5.75 Å². The maximum absolute atomic E-state index is 10.0. The van der Waals surface area contributed by atoms with E-state index in [1.54, 1.807) is 0 Å². The van der Waals surface area contributed by atoms with Crippen LogP contribution in [0.3, 0.4) is 0 Å². The Bertz CT molecular complexity index is 569. The number of hydrogen-bond donors (Lipinski definition) is 2. The van der Waals surface area contributed by atoms with Gasteiger partial charge in [-0.3, -0.25) is 0 Å². The first kappa shape index (κ1) is 15.4. The second-order valence-electron chi connectivity index (χ2n) is 5.12. The number of rotatable bonds is 7. The molecule has 3 nitrogen and oxygen atoms in total. The van der Waals surface area contributed by atoms with E-state index in [2.05, 4.69) is 18.3 Å². The number of hydrogen-bond acceptors (Lipinski definition) is 3. The van der Waals surface area contributed by atoms with Crippen molar-refractivity contribution in [2.24, 2.45) is 0 Å². The van der Waals surface area contributed by atoms with E-state index in [0.29, 0.717) is 6.54 Å². The average molecular weight is 285 g/mol. The predicted octanol–water partition coefficient (Wildman–Crippen LogP) is 3.41. The number of ether oxygens (including phenoxy) is 1. The monoisotopic (exact) mass is 285 g/mol. The van der Waals surface area contributed by atoms with E-state index in [-0.39, 0.29) is 6.61 Å². The molecule has 0 aliphatic heterocycles. The van der Waals surface area contributed by atoms with E-state index in [1.165, 1.54) is 5.56 Å². The zero-order valence-electron chi connectivity index (χ0n) is 12.7. The maximum atomic E-state index is 10.0. The van der Waals surface area contributed by atoms with Crippen LogP contribution >= 0.6 is 0 Å². The molecular formula is C18H23NO2. The van der Waals surface area contributed by atoms with Crippen molar-refractivity contribution in [3.05, 3.63) is 59.7 Å². The Hall–Kier alpha value is -2.00. The van der Waals surface area contributed by atoms with E-state index in [4.69, 9.17) is 4.74 Å². The summed E-state index contributed by atoms with van der Waals surface area (Å²) >= 11 is 0. The zero-order chi connectivity index (χ0) is 15.1. The van der Waals surface area contributed by atoms with Gasteiger partial charge in [0.1, 0.15) is 18.5 Å². The molecule has 1 unspecified atom stereocenters. The van der Waals surface area contributed by atoms with E-state index >= 15 is 0 Å². The second kappa shape index (κ2) is 7.70. The molecular weight excluding hydrogens is 262 g/mol. The fourth-order valence-electron chi connectivity index (χ4n) is 2.19. The molecule has 0 heterocycles. The van der Waals surface area contributed by atoms with Crippen molar-refractivity contribution in [1.29, 1.82) is 0 Å². The van der Waals surface area contributed by atoms with Gasteiger partial charge in [-0.25, -0.2) is 0 Å². The highest BCUT2D eigenvalue weighted by molar-refractivity contribution is 5.51. The SMILES string of the molecule is CCc1ccccc1NCC(O)COc1ccccc1C. The highest BCUT2D eigenvalue weighted by Crippen LogP contribution is 2.17. The first-order chi connectivity index (χ1) is 10.2. The second-order valence-corrected chi connectivity index (χ2v) is 5.12. The molecule has 112 valence electrons. The largest absolute Gasteiger partial charge is 0.491 e. The highest BCUT2D eigenvalue weighted by Gasteiger charge is 2.07. The third-order valence-electron chi connectivity index (χ3n) is 3.45. The van der Waals surface area contributed by atoms with Gasteiger partial charge < -0.3 is 15.2 Å². The van der Waals surface area contributed by atoms with Crippen LogP contribution in [0, 0.1) is 6.92 Å². The van der Waals surface area contributed by atoms with Crippen molar-refractivity contribution in [3.63, 3.8) is 0 Å². The van der Waals surface area contributed by atoms with Crippen LogP contribution in [0.15, 0.2) is 48.5 Å². The fraction of sp³-hybridized carbons (Fsp3) is 0.333. The smallest absolute Gasteiger partial charge is 0.122 e. The van der Waals surface area contributed by atoms with Crippen LogP contribution in [0.4, 0.5) is 5.69 Å². The van der Waals surface area contributed by atoms with Gasteiger partial charge in [0.05, 0.1) is 0 Å². The number of benzene rings is 2. The molecule has 2 aromatic carbocycles. The molecule has 0 amide bonds. The van der Waals surface area contributed by atoms with Crippen LogP contribution < -0.4 is 10.1 Å². The van der Waals surface area contributed by atoms with Gasteiger partial charge in [0, 0.05) is 12.2 Å². The number of aliphatic hydroxyl groups is 1. The average Bonchev–Trinajstić information content (AvgIpc) is 2.52. The molecule has 0 saturated carbocycles. The summed E-state index contributed by atoms with van der Waals surface area (Å²) in [5.74, 6) is 0.825.